The summed E-state index contributed by atoms with van der Waals surface area (Å²) in [6.45, 7) is 8.30. The molecule has 2 heterocycles. The van der Waals surface area contributed by atoms with Crippen LogP contribution in [0.1, 0.15) is 24.2 Å². The molecule has 1 N–H and O–H groups in total. The van der Waals surface area contributed by atoms with Crippen LogP contribution < -0.4 is 4.90 Å². The first kappa shape index (κ1) is 15.5. The first-order chi connectivity index (χ1) is 10.6. The lowest BCUT2D eigenvalue weighted by atomic mass is 10.2. The highest BCUT2D eigenvalue weighted by molar-refractivity contribution is 5.81. The van der Waals surface area contributed by atoms with Gasteiger partial charge in [-0.25, -0.2) is 0 Å². The molecular weight excluding hydrogens is 280 g/mol. The molecular formula is C16H27N4O2+. The number of aryl methyl sites for hydroxylation is 2. The lowest BCUT2D eigenvalue weighted by molar-refractivity contribution is -0.907. The Morgan fingerprint density at radius 1 is 1.45 bits per heavy atom. The van der Waals surface area contributed by atoms with Gasteiger partial charge in [0.15, 0.2) is 0 Å². The molecule has 0 aromatic carbocycles. The number of carbonyl (C=O) groups excluding carboxylic acids is 1. The van der Waals surface area contributed by atoms with Gasteiger partial charge in [-0.15, -0.1) is 0 Å². The highest BCUT2D eigenvalue weighted by atomic mass is 16.5. The number of carbonyl (C=O) groups is 1. The van der Waals surface area contributed by atoms with Gasteiger partial charge in [-0.1, -0.05) is 0 Å². The second-order valence-electron chi connectivity index (χ2n) is 6.55. The molecule has 1 amide bonds. The van der Waals surface area contributed by atoms with Crippen molar-refractivity contribution in [1.29, 1.82) is 0 Å². The number of nitrogens with zero attached hydrogens (tertiary/aromatic N) is 3. The Hall–Kier alpha value is -1.40. The minimum Gasteiger partial charge on any atom is -0.370 e. The summed E-state index contributed by atoms with van der Waals surface area (Å²) < 4.78 is 7.30. The predicted molar refractivity (Wildman–Crippen MR) is 82.5 cm³/mol. The Balaban J connectivity index is 1.61. The third-order valence-electron chi connectivity index (χ3n) is 4.63. The van der Waals surface area contributed by atoms with Gasteiger partial charge in [-0.05, 0) is 25.8 Å². The topological polar surface area (TPSA) is 51.8 Å². The van der Waals surface area contributed by atoms with Gasteiger partial charge in [0.1, 0.15) is 13.1 Å². The fourth-order valence-electron chi connectivity index (χ4n) is 3.07. The summed E-state index contributed by atoms with van der Waals surface area (Å²) >= 11 is 0. The van der Waals surface area contributed by atoms with Crippen LogP contribution in [-0.2, 0) is 23.1 Å². The van der Waals surface area contributed by atoms with Crippen LogP contribution in [0.3, 0.4) is 0 Å². The third kappa shape index (κ3) is 3.87. The largest absolute Gasteiger partial charge is 0.370 e. The number of nitrogens with one attached hydrogen (secondary N) is 1. The average Bonchev–Trinajstić information content (AvgIpc) is 3.30. The Labute approximate surface area is 132 Å². The number of ether oxygens (including phenoxy) is 1. The fourth-order valence-corrected chi connectivity index (χ4v) is 3.07. The minimum absolute atomic E-state index is 0.272. The molecule has 1 aromatic rings. The zero-order valence-corrected chi connectivity index (χ0v) is 13.7. The number of rotatable bonds is 6. The molecule has 6 nitrogen and oxygen atoms in total. The summed E-state index contributed by atoms with van der Waals surface area (Å²) in [6, 6.07) is 2.08. The summed E-state index contributed by atoms with van der Waals surface area (Å²) in [6.07, 6.45) is 2.12. The molecule has 1 aromatic heterocycles. The number of amides is 1. The molecule has 0 bridgehead atoms. The Kier molecular flexibility index (Phi) is 4.78. The van der Waals surface area contributed by atoms with Crippen LogP contribution in [0.2, 0.25) is 0 Å². The molecule has 2 aliphatic rings. The van der Waals surface area contributed by atoms with Gasteiger partial charge in [-0.2, -0.15) is 5.10 Å². The molecule has 1 aliphatic carbocycles. The molecule has 0 atom stereocenters. The van der Waals surface area contributed by atoms with E-state index in [9.17, 15) is 4.79 Å². The molecule has 2 fully saturated rings. The number of hydrogen-bond donors (Lipinski definition) is 1. The summed E-state index contributed by atoms with van der Waals surface area (Å²) in [5.74, 6) is 0.598. The minimum atomic E-state index is 0.272. The van der Waals surface area contributed by atoms with Crippen LogP contribution in [0.5, 0.6) is 0 Å². The predicted octanol–water partition coefficient (Wildman–Crippen LogP) is -0.618. The maximum absolute atomic E-state index is 12.6. The molecule has 1 aliphatic heterocycles. The van der Waals surface area contributed by atoms with E-state index in [1.165, 1.54) is 0 Å². The van der Waals surface area contributed by atoms with Crippen molar-refractivity contribution < 1.29 is 14.4 Å². The molecule has 1 saturated heterocycles. The SMILES string of the molecule is Cc1cc(CN(CC[NH+]2CCOCC2)C(=O)C2CC2)n(C)n1. The van der Waals surface area contributed by atoms with Crippen LogP contribution in [-0.4, -0.2) is 60.0 Å². The second-order valence-corrected chi connectivity index (χ2v) is 6.55. The monoisotopic (exact) mass is 307 g/mol. The van der Waals surface area contributed by atoms with Crippen LogP contribution in [0.15, 0.2) is 6.07 Å². The van der Waals surface area contributed by atoms with Crippen molar-refractivity contribution >= 4 is 5.91 Å². The van der Waals surface area contributed by atoms with Crippen molar-refractivity contribution in [1.82, 2.24) is 14.7 Å². The summed E-state index contributed by atoms with van der Waals surface area (Å²) in [5.41, 5.74) is 2.12. The zero-order chi connectivity index (χ0) is 15.5. The molecule has 1 saturated carbocycles. The van der Waals surface area contributed by atoms with Crippen molar-refractivity contribution in [3.63, 3.8) is 0 Å². The summed E-state index contributed by atoms with van der Waals surface area (Å²) in [5, 5.41) is 4.39. The van der Waals surface area contributed by atoms with Gasteiger partial charge in [0, 0.05) is 13.0 Å². The fraction of sp³-hybridized carbons (Fsp3) is 0.750. The maximum Gasteiger partial charge on any atom is 0.226 e. The number of morpholine rings is 1. The number of quaternary nitrogens is 1. The molecule has 122 valence electrons. The Morgan fingerprint density at radius 3 is 2.77 bits per heavy atom. The Bertz CT molecular complexity index is 518. The van der Waals surface area contributed by atoms with E-state index in [0.717, 1.165) is 63.6 Å². The second kappa shape index (κ2) is 6.79. The molecule has 6 heteroatoms. The lowest BCUT2D eigenvalue weighted by Crippen LogP contribution is -3.14. The van der Waals surface area contributed by atoms with E-state index in [1.54, 1.807) is 4.90 Å². The normalized spacial score (nSPS) is 19.4. The zero-order valence-electron chi connectivity index (χ0n) is 13.7. The van der Waals surface area contributed by atoms with E-state index < -0.39 is 0 Å². The van der Waals surface area contributed by atoms with Crippen LogP contribution >= 0.6 is 0 Å². The van der Waals surface area contributed by atoms with Crippen molar-refractivity contribution in [2.75, 3.05) is 39.4 Å². The van der Waals surface area contributed by atoms with Crippen molar-refractivity contribution in [2.45, 2.75) is 26.3 Å². The third-order valence-corrected chi connectivity index (χ3v) is 4.63. The van der Waals surface area contributed by atoms with E-state index in [2.05, 4.69) is 11.2 Å². The van der Waals surface area contributed by atoms with Gasteiger partial charge in [-0.3, -0.25) is 9.48 Å². The molecule has 0 radical (unpaired) electrons. The molecule has 0 unspecified atom stereocenters. The van der Waals surface area contributed by atoms with Gasteiger partial charge in [0.2, 0.25) is 5.91 Å². The molecule has 0 spiro atoms. The van der Waals surface area contributed by atoms with Crippen LogP contribution in [0.4, 0.5) is 0 Å². The standard InChI is InChI=1S/C16H26N4O2/c1-13-11-15(18(2)17-13)12-20(16(21)14-3-4-14)6-5-19-7-9-22-10-8-19/h11,14H,3-10,12H2,1-2H3/p+1. The van der Waals surface area contributed by atoms with Crippen molar-refractivity contribution in [3.8, 4) is 0 Å². The summed E-state index contributed by atoms with van der Waals surface area (Å²) in [7, 11) is 1.95. The van der Waals surface area contributed by atoms with Gasteiger partial charge < -0.3 is 14.5 Å². The lowest BCUT2D eigenvalue weighted by Gasteiger charge is -2.28. The van der Waals surface area contributed by atoms with Crippen molar-refractivity contribution in [2.24, 2.45) is 13.0 Å². The highest BCUT2D eigenvalue weighted by Gasteiger charge is 2.34. The number of aromatic nitrogens is 2. The average molecular weight is 307 g/mol. The number of hydrogen-bond acceptors (Lipinski definition) is 3. The van der Waals surface area contributed by atoms with Crippen LogP contribution in [0.25, 0.3) is 0 Å². The van der Waals surface area contributed by atoms with E-state index in [-0.39, 0.29) is 5.92 Å². The van der Waals surface area contributed by atoms with Crippen molar-refractivity contribution in [3.05, 3.63) is 17.5 Å². The quantitative estimate of drug-likeness (QED) is 0.762. The highest BCUT2D eigenvalue weighted by Crippen LogP contribution is 2.31. The first-order valence-corrected chi connectivity index (χ1v) is 8.33. The molecule has 22 heavy (non-hydrogen) atoms. The van der Waals surface area contributed by atoms with Gasteiger partial charge >= 0.3 is 0 Å². The Morgan fingerprint density at radius 2 is 2.18 bits per heavy atom. The van der Waals surface area contributed by atoms with Crippen LogP contribution in [0, 0.1) is 12.8 Å². The van der Waals surface area contributed by atoms with E-state index in [0.29, 0.717) is 12.5 Å². The molecule has 3 rings (SSSR count). The summed E-state index contributed by atoms with van der Waals surface area (Å²) in [4.78, 5) is 16.1. The van der Waals surface area contributed by atoms with Gasteiger partial charge in [0.25, 0.3) is 0 Å². The van der Waals surface area contributed by atoms with E-state index in [4.69, 9.17) is 4.74 Å². The maximum atomic E-state index is 12.6. The van der Waals surface area contributed by atoms with E-state index in [1.807, 2.05) is 23.6 Å². The smallest absolute Gasteiger partial charge is 0.226 e. The van der Waals surface area contributed by atoms with Gasteiger partial charge in [0.05, 0.1) is 44.2 Å². The first-order valence-electron chi connectivity index (χ1n) is 8.33. The van der Waals surface area contributed by atoms with E-state index >= 15 is 0 Å².